The molecular weight excluding hydrogens is 314 g/mol. The Morgan fingerprint density at radius 2 is 2.00 bits per heavy atom. The first-order valence-electron chi connectivity index (χ1n) is 8.47. The van der Waals surface area contributed by atoms with Gasteiger partial charge in [0.15, 0.2) is 0 Å². The van der Waals surface area contributed by atoms with Crippen LogP contribution >= 0.6 is 11.3 Å². The van der Waals surface area contributed by atoms with Crippen LogP contribution in [0.4, 0.5) is 5.13 Å². The van der Waals surface area contributed by atoms with Gasteiger partial charge in [-0.3, -0.25) is 0 Å². The van der Waals surface area contributed by atoms with Gasteiger partial charge < -0.3 is 0 Å². The van der Waals surface area contributed by atoms with Crippen molar-refractivity contribution in [1.29, 1.82) is 0 Å². The predicted molar refractivity (Wildman–Crippen MR) is 104 cm³/mol. The zero-order valence-corrected chi connectivity index (χ0v) is 15.4. The highest BCUT2D eigenvalue weighted by Gasteiger charge is 2.18. The number of para-hydroxylation sites is 1. The van der Waals surface area contributed by atoms with E-state index in [4.69, 9.17) is 5.10 Å². The topological polar surface area (TPSA) is 29.7 Å². The van der Waals surface area contributed by atoms with Gasteiger partial charge in [0, 0.05) is 0 Å². The summed E-state index contributed by atoms with van der Waals surface area (Å²) < 4.78 is 1.26. The average molecular weight is 338 g/mol. The van der Waals surface area contributed by atoms with E-state index in [0.717, 1.165) is 24.5 Å². The summed E-state index contributed by atoms with van der Waals surface area (Å²) in [4.78, 5) is 3.50. The molecule has 3 aromatic rings. The maximum absolute atomic E-state index is 4.79. The smallest absolute Gasteiger partial charge is 0.228 e. The third-order valence-corrected chi connectivity index (χ3v) is 5.15. The third-order valence-electron chi connectivity index (χ3n) is 4.06. The molecule has 0 radical (unpaired) electrons. The summed E-state index contributed by atoms with van der Waals surface area (Å²) in [5.74, 6) is 0. The van der Waals surface area contributed by atoms with Crippen molar-refractivity contribution in [3.63, 3.8) is 0 Å². The van der Waals surface area contributed by atoms with Gasteiger partial charge in [0.1, 0.15) is 12.1 Å². The van der Waals surface area contributed by atoms with Crippen LogP contribution in [-0.2, 0) is 0 Å². The van der Waals surface area contributed by atoms with Gasteiger partial charge in [-0.05, 0) is 54.9 Å². The van der Waals surface area contributed by atoms with Crippen molar-refractivity contribution in [2.75, 3.05) is 11.6 Å². The molecule has 124 valence electrons. The molecule has 0 aliphatic carbocycles. The summed E-state index contributed by atoms with van der Waals surface area (Å²) >= 11 is 1.75. The molecule has 1 aromatic heterocycles. The number of hydrazone groups is 1. The number of thiazole rings is 1. The molecule has 3 nitrogen and oxygen atoms in total. The molecule has 1 N–H and O–H groups in total. The Balaban J connectivity index is 1.91. The number of fused-ring (bicyclic) bond motifs is 1. The van der Waals surface area contributed by atoms with Gasteiger partial charge in [0.2, 0.25) is 0 Å². The number of hydrogen-bond acceptors (Lipinski definition) is 3. The van der Waals surface area contributed by atoms with Crippen molar-refractivity contribution in [2.24, 2.45) is 5.10 Å². The molecule has 24 heavy (non-hydrogen) atoms. The maximum atomic E-state index is 4.79. The minimum Gasteiger partial charge on any atom is -0.228 e. The highest BCUT2D eigenvalue weighted by atomic mass is 32.1. The second-order valence-electron chi connectivity index (χ2n) is 6.11. The van der Waals surface area contributed by atoms with E-state index in [-0.39, 0.29) is 0 Å². The van der Waals surface area contributed by atoms with E-state index in [2.05, 4.69) is 73.2 Å². The molecule has 0 fully saturated rings. The number of nitrogens with zero attached hydrogens (tertiary/aromatic N) is 2. The summed E-state index contributed by atoms with van der Waals surface area (Å²) in [6.07, 6.45) is 4.25. The van der Waals surface area contributed by atoms with E-state index >= 15 is 0 Å². The third kappa shape index (κ3) is 3.82. The van der Waals surface area contributed by atoms with Crippen LogP contribution in [-0.4, -0.2) is 12.8 Å². The number of aromatic nitrogens is 1. The van der Waals surface area contributed by atoms with Crippen molar-refractivity contribution in [2.45, 2.75) is 33.6 Å². The Kier molecular flexibility index (Phi) is 5.26. The lowest BCUT2D eigenvalue weighted by atomic mass is 10.1. The number of H-pyrrole nitrogens is 1. The Labute approximate surface area is 147 Å². The normalized spacial score (nSPS) is 11.5. The van der Waals surface area contributed by atoms with Crippen LogP contribution in [0.3, 0.4) is 0 Å². The monoisotopic (exact) mass is 338 g/mol. The van der Waals surface area contributed by atoms with Gasteiger partial charge in [0.25, 0.3) is 0 Å². The van der Waals surface area contributed by atoms with Gasteiger partial charge in [-0.2, -0.15) is 0 Å². The summed E-state index contributed by atoms with van der Waals surface area (Å²) in [6, 6.07) is 14.9. The predicted octanol–water partition coefficient (Wildman–Crippen LogP) is 4.97. The number of rotatable bonds is 6. The molecule has 0 saturated heterocycles. The quantitative estimate of drug-likeness (QED) is 0.461. The molecule has 0 unspecified atom stereocenters. The first-order valence-corrected chi connectivity index (χ1v) is 9.28. The maximum Gasteiger partial charge on any atom is 0.360 e. The highest BCUT2D eigenvalue weighted by Crippen LogP contribution is 2.25. The number of benzene rings is 2. The summed E-state index contributed by atoms with van der Waals surface area (Å²) in [7, 11) is 0. The molecular formula is C20H24N3S+. The van der Waals surface area contributed by atoms with Crippen LogP contribution in [0.5, 0.6) is 0 Å². The number of anilines is 1. The minimum absolute atomic E-state index is 0.918. The van der Waals surface area contributed by atoms with E-state index in [1.165, 1.54) is 26.9 Å². The molecule has 4 heteroatoms. The fraction of sp³-hybridized carbons (Fsp3) is 0.300. The standard InChI is InChI=1S/C20H23N3S/c1-4-5-12-23(20-22-18-8-6-7-9-19(18)24-20)21-14-17-13-15(2)10-11-16(17)3/h6-11,13-14H,4-5,12H2,1-3H3/p+1/b21-14+. The molecule has 2 aromatic carbocycles. The van der Waals surface area contributed by atoms with Crippen molar-refractivity contribution >= 4 is 32.9 Å². The number of aryl methyl sites for hydroxylation is 2. The van der Waals surface area contributed by atoms with Gasteiger partial charge in [0.05, 0.1) is 10.9 Å². The zero-order chi connectivity index (χ0) is 16.9. The fourth-order valence-electron chi connectivity index (χ4n) is 2.57. The Morgan fingerprint density at radius 3 is 2.79 bits per heavy atom. The largest absolute Gasteiger partial charge is 0.360 e. The second kappa shape index (κ2) is 7.58. The molecule has 0 aliphatic rings. The minimum atomic E-state index is 0.918. The van der Waals surface area contributed by atoms with Gasteiger partial charge >= 0.3 is 5.13 Å². The summed E-state index contributed by atoms with van der Waals surface area (Å²) in [5.41, 5.74) is 4.86. The Morgan fingerprint density at radius 1 is 1.17 bits per heavy atom. The SMILES string of the molecule is CCCCN(/N=C/c1cc(C)ccc1C)c1[nH+]c2ccccc2s1. The average Bonchev–Trinajstić information content (AvgIpc) is 3.01. The van der Waals surface area contributed by atoms with Gasteiger partial charge in [-0.15, -0.1) is 5.01 Å². The van der Waals surface area contributed by atoms with Crippen molar-refractivity contribution < 1.29 is 4.98 Å². The van der Waals surface area contributed by atoms with Gasteiger partial charge in [-0.1, -0.05) is 54.3 Å². The van der Waals surface area contributed by atoms with Crippen molar-refractivity contribution in [1.82, 2.24) is 0 Å². The van der Waals surface area contributed by atoms with E-state index in [0.29, 0.717) is 0 Å². The lowest BCUT2D eigenvalue weighted by Crippen LogP contribution is -2.23. The Bertz CT molecular complexity index is 818. The molecule has 0 spiro atoms. The zero-order valence-electron chi connectivity index (χ0n) is 14.5. The highest BCUT2D eigenvalue weighted by molar-refractivity contribution is 7.21. The van der Waals surface area contributed by atoms with E-state index < -0.39 is 0 Å². The lowest BCUT2D eigenvalue weighted by Gasteiger charge is -2.07. The molecule has 3 rings (SSSR count). The van der Waals surface area contributed by atoms with E-state index in [9.17, 15) is 0 Å². The van der Waals surface area contributed by atoms with Crippen LogP contribution in [0.1, 0.15) is 36.5 Å². The summed E-state index contributed by atoms with van der Waals surface area (Å²) in [5, 5.41) is 7.97. The molecule has 0 aliphatic heterocycles. The number of unbranched alkanes of at least 4 members (excludes halogenated alkanes) is 1. The van der Waals surface area contributed by atoms with Crippen LogP contribution in [0.25, 0.3) is 10.2 Å². The molecule has 0 bridgehead atoms. The number of aromatic amines is 1. The fourth-order valence-corrected chi connectivity index (χ4v) is 3.56. The van der Waals surface area contributed by atoms with Crippen molar-refractivity contribution in [3.05, 3.63) is 59.2 Å². The van der Waals surface area contributed by atoms with Gasteiger partial charge in [-0.25, -0.2) is 4.98 Å². The summed E-state index contributed by atoms with van der Waals surface area (Å²) in [6.45, 7) is 7.37. The van der Waals surface area contributed by atoms with Crippen LogP contribution < -0.4 is 9.99 Å². The number of nitrogens with one attached hydrogen (secondary N) is 1. The molecule has 0 saturated carbocycles. The first kappa shape index (κ1) is 16.7. The molecule has 0 amide bonds. The second-order valence-corrected chi connectivity index (χ2v) is 7.14. The molecule has 0 atom stereocenters. The molecule has 1 heterocycles. The first-order chi connectivity index (χ1) is 11.7. The lowest BCUT2D eigenvalue weighted by molar-refractivity contribution is -0.324. The van der Waals surface area contributed by atoms with E-state index in [1.807, 2.05) is 6.21 Å². The van der Waals surface area contributed by atoms with E-state index in [1.54, 1.807) is 11.3 Å². The number of hydrogen-bond donors (Lipinski definition) is 0. The van der Waals surface area contributed by atoms with Crippen molar-refractivity contribution in [3.8, 4) is 0 Å². The Hall–Kier alpha value is -2.20. The van der Waals surface area contributed by atoms with Crippen LogP contribution in [0.2, 0.25) is 0 Å². The van der Waals surface area contributed by atoms with Crippen LogP contribution in [0.15, 0.2) is 47.6 Å². The van der Waals surface area contributed by atoms with Crippen LogP contribution in [0, 0.1) is 13.8 Å².